The van der Waals surface area contributed by atoms with Gasteiger partial charge in [-0.15, -0.1) is 0 Å². The predicted octanol–water partition coefficient (Wildman–Crippen LogP) is 8.41. The van der Waals surface area contributed by atoms with Gasteiger partial charge in [-0.1, -0.05) is 42.5 Å². The number of fused-ring (bicyclic) bond motifs is 2. The molecule has 0 aromatic heterocycles. The molecule has 0 aliphatic carbocycles. The minimum absolute atomic E-state index is 0.259. The Labute approximate surface area is 215 Å². The van der Waals surface area contributed by atoms with Gasteiger partial charge >= 0.3 is 12.3 Å². The largest absolute Gasteiger partial charge is 0.514 e. The summed E-state index contributed by atoms with van der Waals surface area (Å²) in [5, 5.41) is 2.15. The van der Waals surface area contributed by atoms with Crippen molar-refractivity contribution in [3.63, 3.8) is 0 Å². The van der Waals surface area contributed by atoms with Gasteiger partial charge in [0.2, 0.25) is 0 Å². The highest BCUT2D eigenvalue weighted by Gasteiger charge is 2.25. The van der Waals surface area contributed by atoms with E-state index < -0.39 is 23.5 Å². The molecule has 4 rings (SSSR count). The van der Waals surface area contributed by atoms with Crippen molar-refractivity contribution in [2.45, 2.75) is 52.7 Å². The molecular formula is C30H30O7. The van der Waals surface area contributed by atoms with Crippen LogP contribution in [0.3, 0.4) is 0 Å². The standard InChI is InChI=1S/C30H30O7/c1-29(2,3)36-27(31)34-25-21-14-10-11-15-22(21)26(35-28(32)37-30(4,5)6)24-18-20(16-17-23(24)25)33-19-12-8-7-9-13-19/h7-18H,1-6H3. The number of carbonyl (C=O) groups is 2. The van der Waals surface area contributed by atoms with Crippen molar-refractivity contribution < 1.29 is 33.3 Å². The normalized spacial score (nSPS) is 11.7. The van der Waals surface area contributed by atoms with E-state index in [2.05, 4.69) is 0 Å². The monoisotopic (exact) mass is 502 g/mol. The maximum absolute atomic E-state index is 12.7. The first-order valence-electron chi connectivity index (χ1n) is 11.9. The van der Waals surface area contributed by atoms with Crippen molar-refractivity contribution in [3.05, 3.63) is 72.8 Å². The molecular weight excluding hydrogens is 472 g/mol. The third kappa shape index (κ3) is 6.50. The molecule has 0 radical (unpaired) electrons. The third-order valence-corrected chi connectivity index (χ3v) is 5.03. The second-order valence-electron chi connectivity index (χ2n) is 10.5. The summed E-state index contributed by atoms with van der Waals surface area (Å²) in [4.78, 5) is 25.4. The van der Waals surface area contributed by atoms with Crippen molar-refractivity contribution in [2.24, 2.45) is 0 Å². The smallest absolute Gasteiger partial charge is 0.457 e. The third-order valence-electron chi connectivity index (χ3n) is 5.03. The lowest BCUT2D eigenvalue weighted by Gasteiger charge is -2.22. The quantitative estimate of drug-likeness (QED) is 0.157. The molecule has 0 heterocycles. The SMILES string of the molecule is CC(C)(C)OC(=O)Oc1c2ccccc2c(OC(=O)OC(C)(C)C)c2cc(Oc3ccccc3)ccc12. The molecule has 7 heteroatoms. The molecule has 0 atom stereocenters. The number of rotatable bonds is 4. The van der Waals surface area contributed by atoms with Crippen LogP contribution in [0.4, 0.5) is 9.59 Å². The first kappa shape index (κ1) is 25.8. The number of benzene rings is 4. The summed E-state index contributed by atoms with van der Waals surface area (Å²) in [5.74, 6) is 1.69. The summed E-state index contributed by atoms with van der Waals surface area (Å²) < 4.78 is 28.4. The molecule has 0 saturated carbocycles. The van der Waals surface area contributed by atoms with Gasteiger partial charge in [0.15, 0.2) is 5.75 Å². The van der Waals surface area contributed by atoms with Gasteiger partial charge in [-0.2, -0.15) is 0 Å². The van der Waals surface area contributed by atoms with Crippen LogP contribution in [0.1, 0.15) is 41.5 Å². The van der Waals surface area contributed by atoms with Crippen molar-refractivity contribution in [1.29, 1.82) is 0 Å². The van der Waals surface area contributed by atoms with Gasteiger partial charge in [-0.25, -0.2) is 9.59 Å². The zero-order valence-corrected chi connectivity index (χ0v) is 21.8. The fourth-order valence-corrected chi connectivity index (χ4v) is 3.69. The molecule has 192 valence electrons. The summed E-state index contributed by atoms with van der Waals surface area (Å²) in [6.45, 7) is 10.6. The van der Waals surface area contributed by atoms with Crippen molar-refractivity contribution in [1.82, 2.24) is 0 Å². The molecule has 0 aliphatic rings. The molecule has 37 heavy (non-hydrogen) atoms. The number of carbonyl (C=O) groups excluding carboxylic acids is 2. The maximum Gasteiger partial charge on any atom is 0.514 e. The van der Waals surface area contributed by atoms with E-state index in [1.807, 2.05) is 30.3 Å². The number of hydrogen-bond donors (Lipinski definition) is 0. The summed E-state index contributed by atoms with van der Waals surface area (Å²) in [6.07, 6.45) is -1.70. The maximum atomic E-state index is 12.7. The van der Waals surface area contributed by atoms with Crippen LogP contribution in [-0.2, 0) is 9.47 Å². The fourth-order valence-electron chi connectivity index (χ4n) is 3.69. The molecule has 4 aromatic carbocycles. The van der Waals surface area contributed by atoms with Crippen LogP contribution in [0.2, 0.25) is 0 Å². The van der Waals surface area contributed by atoms with Crippen LogP contribution in [0.15, 0.2) is 72.8 Å². The highest BCUT2D eigenvalue weighted by molar-refractivity contribution is 6.12. The number of para-hydroxylation sites is 1. The molecule has 0 fully saturated rings. The lowest BCUT2D eigenvalue weighted by Crippen LogP contribution is -2.26. The van der Waals surface area contributed by atoms with Crippen LogP contribution in [0, 0.1) is 0 Å². The first-order valence-corrected chi connectivity index (χ1v) is 11.9. The zero-order chi connectivity index (χ0) is 26.8. The topological polar surface area (TPSA) is 80.3 Å². The summed E-state index contributed by atoms with van der Waals surface area (Å²) in [7, 11) is 0. The fraction of sp³-hybridized carbons (Fsp3) is 0.267. The zero-order valence-electron chi connectivity index (χ0n) is 21.8. The Bertz CT molecular complexity index is 1440. The Hall–Kier alpha value is -4.26. The second kappa shape index (κ2) is 10.0. The van der Waals surface area contributed by atoms with E-state index in [4.69, 9.17) is 23.7 Å². The molecule has 0 saturated heterocycles. The molecule has 0 bridgehead atoms. The Kier molecular flexibility index (Phi) is 6.99. The van der Waals surface area contributed by atoms with E-state index in [1.54, 1.807) is 84.0 Å². The van der Waals surface area contributed by atoms with E-state index >= 15 is 0 Å². The molecule has 0 N–H and O–H groups in total. The summed E-state index contributed by atoms with van der Waals surface area (Å²) in [6, 6.07) is 21.7. The Morgan fingerprint density at radius 1 is 0.541 bits per heavy atom. The number of hydrogen-bond acceptors (Lipinski definition) is 7. The molecule has 7 nitrogen and oxygen atoms in total. The highest BCUT2D eigenvalue weighted by Crippen LogP contribution is 2.45. The van der Waals surface area contributed by atoms with Crippen molar-refractivity contribution in [2.75, 3.05) is 0 Å². The Morgan fingerprint density at radius 2 is 1.00 bits per heavy atom. The van der Waals surface area contributed by atoms with Crippen LogP contribution in [0.25, 0.3) is 21.5 Å². The van der Waals surface area contributed by atoms with Gasteiger partial charge in [-0.05, 0) is 71.9 Å². The van der Waals surface area contributed by atoms with Crippen LogP contribution in [-0.4, -0.2) is 23.5 Å². The van der Waals surface area contributed by atoms with Crippen molar-refractivity contribution in [3.8, 4) is 23.0 Å². The van der Waals surface area contributed by atoms with Gasteiger partial charge in [0.1, 0.15) is 28.5 Å². The van der Waals surface area contributed by atoms with Gasteiger partial charge < -0.3 is 23.7 Å². The second-order valence-corrected chi connectivity index (χ2v) is 10.5. The van der Waals surface area contributed by atoms with E-state index in [9.17, 15) is 9.59 Å². The van der Waals surface area contributed by atoms with E-state index in [-0.39, 0.29) is 11.5 Å². The summed E-state index contributed by atoms with van der Waals surface area (Å²) in [5.41, 5.74) is -1.48. The molecule has 0 aliphatic heterocycles. The number of ether oxygens (including phenoxy) is 5. The first-order chi connectivity index (χ1) is 17.4. The van der Waals surface area contributed by atoms with E-state index in [1.165, 1.54) is 0 Å². The average molecular weight is 503 g/mol. The average Bonchev–Trinajstić information content (AvgIpc) is 2.79. The van der Waals surface area contributed by atoms with Crippen LogP contribution < -0.4 is 14.2 Å². The lowest BCUT2D eigenvalue weighted by molar-refractivity contribution is 0.0194. The minimum atomic E-state index is -0.853. The Morgan fingerprint density at radius 3 is 1.51 bits per heavy atom. The van der Waals surface area contributed by atoms with Crippen molar-refractivity contribution >= 4 is 33.9 Å². The Balaban J connectivity index is 1.90. The summed E-state index contributed by atoms with van der Waals surface area (Å²) >= 11 is 0. The van der Waals surface area contributed by atoms with Gasteiger partial charge in [0.05, 0.1) is 0 Å². The molecule has 4 aromatic rings. The van der Waals surface area contributed by atoms with E-state index in [0.29, 0.717) is 33.0 Å². The van der Waals surface area contributed by atoms with Crippen LogP contribution in [0.5, 0.6) is 23.0 Å². The lowest BCUT2D eigenvalue weighted by atomic mass is 10.00. The minimum Gasteiger partial charge on any atom is -0.457 e. The predicted molar refractivity (Wildman–Crippen MR) is 142 cm³/mol. The molecule has 0 spiro atoms. The van der Waals surface area contributed by atoms with Gasteiger partial charge in [0.25, 0.3) is 0 Å². The highest BCUT2D eigenvalue weighted by atomic mass is 16.7. The molecule has 0 amide bonds. The molecule has 0 unspecified atom stereocenters. The van der Waals surface area contributed by atoms with Crippen LogP contribution >= 0.6 is 0 Å². The van der Waals surface area contributed by atoms with Gasteiger partial charge in [-0.3, -0.25) is 0 Å². The van der Waals surface area contributed by atoms with Gasteiger partial charge in [0, 0.05) is 21.5 Å². The van der Waals surface area contributed by atoms with E-state index in [0.717, 1.165) is 0 Å².